The number of para-hydroxylation sites is 1. The third kappa shape index (κ3) is 5.86. The van der Waals surface area contributed by atoms with Gasteiger partial charge in [0, 0.05) is 61.2 Å². The summed E-state index contributed by atoms with van der Waals surface area (Å²) in [5.41, 5.74) is 2.92. The predicted molar refractivity (Wildman–Crippen MR) is 188 cm³/mol. The van der Waals surface area contributed by atoms with Gasteiger partial charge in [0.1, 0.15) is 11.6 Å². The highest BCUT2D eigenvalue weighted by Crippen LogP contribution is 2.44. The second-order valence-electron chi connectivity index (χ2n) is 13.9. The number of carboxylic acids is 1. The SMILES string of the molecule is COCCN1C[C@H]2CC[C@@H]1CN2c1cc(Cl)c(C(=O)N2COc3c(cccc3-c3cc(N4C5CCC4COC5)c(C(=O)O)cc3F)C2)c(Cl)c1. The second kappa shape index (κ2) is 13.5. The van der Waals surface area contributed by atoms with Crippen LogP contribution in [0.3, 0.4) is 0 Å². The van der Waals surface area contributed by atoms with Crippen LogP contribution in [0.15, 0.2) is 42.5 Å². The summed E-state index contributed by atoms with van der Waals surface area (Å²) in [4.78, 5) is 34.6. The molecule has 0 aromatic heterocycles. The standard InChI is InChI=1S/C37H39Cl2FN4O6/c1-48-10-9-41-16-23-6-5-22(41)17-43(23)26-11-30(38)34(31(39)12-26)36(45)42-15-21-3-2-4-27(35(21)50-20-42)28-14-33(29(37(46)47)13-32(28)40)44-24-7-8-25(44)19-49-18-24/h2-4,11-14,22-25H,5-10,15-20H2,1H3,(H,46,47)/t22-,23-,24?,25?/m1/s1. The lowest BCUT2D eigenvalue weighted by Crippen LogP contribution is -2.63. The fourth-order valence-corrected chi connectivity index (χ4v) is 9.23. The van der Waals surface area contributed by atoms with Crippen molar-refractivity contribution in [1.82, 2.24) is 9.80 Å². The molecule has 1 amide bonds. The molecule has 13 heteroatoms. The molecule has 10 nitrogen and oxygen atoms in total. The molecule has 5 saturated heterocycles. The van der Waals surface area contributed by atoms with Crippen molar-refractivity contribution in [3.8, 4) is 16.9 Å². The summed E-state index contributed by atoms with van der Waals surface area (Å²) in [6.45, 7) is 4.52. The van der Waals surface area contributed by atoms with E-state index in [1.54, 1.807) is 25.3 Å². The highest BCUT2D eigenvalue weighted by Gasteiger charge is 2.41. The Bertz CT molecular complexity index is 1810. The monoisotopic (exact) mass is 724 g/mol. The maximum atomic E-state index is 15.8. The minimum Gasteiger partial charge on any atom is -0.478 e. The van der Waals surface area contributed by atoms with Crippen molar-refractivity contribution in [2.75, 3.05) is 63.1 Å². The zero-order chi connectivity index (χ0) is 34.7. The number of aromatic carboxylic acids is 1. The van der Waals surface area contributed by atoms with Gasteiger partial charge in [-0.25, -0.2) is 9.18 Å². The van der Waals surface area contributed by atoms with Gasteiger partial charge in [0.15, 0.2) is 6.73 Å². The van der Waals surface area contributed by atoms with Crippen molar-refractivity contribution in [2.24, 2.45) is 0 Å². The maximum absolute atomic E-state index is 15.8. The summed E-state index contributed by atoms with van der Waals surface area (Å²) in [5.74, 6) is -1.77. The van der Waals surface area contributed by atoms with Gasteiger partial charge in [-0.3, -0.25) is 9.69 Å². The minimum atomic E-state index is -1.19. The number of carbonyl (C=O) groups is 2. The molecule has 3 aromatic carbocycles. The summed E-state index contributed by atoms with van der Waals surface area (Å²) < 4.78 is 33.0. The number of rotatable bonds is 8. The van der Waals surface area contributed by atoms with Crippen LogP contribution >= 0.6 is 23.2 Å². The van der Waals surface area contributed by atoms with Crippen molar-refractivity contribution in [3.05, 3.63) is 75.0 Å². The molecule has 6 aliphatic rings. The first-order valence-corrected chi connectivity index (χ1v) is 17.9. The summed E-state index contributed by atoms with van der Waals surface area (Å²) in [7, 11) is 1.73. The molecule has 4 atom stereocenters. The van der Waals surface area contributed by atoms with E-state index in [4.69, 9.17) is 37.4 Å². The lowest BCUT2D eigenvalue weighted by molar-refractivity contribution is 0.0516. The van der Waals surface area contributed by atoms with Crippen LogP contribution in [0.4, 0.5) is 15.8 Å². The molecule has 264 valence electrons. The Labute approximate surface area is 300 Å². The number of morpholine rings is 1. The van der Waals surface area contributed by atoms with Crippen LogP contribution in [-0.4, -0.2) is 104 Å². The van der Waals surface area contributed by atoms with Crippen LogP contribution in [0, 0.1) is 5.82 Å². The first kappa shape index (κ1) is 33.5. The molecule has 0 spiro atoms. The van der Waals surface area contributed by atoms with Gasteiger partial charge in [-0.1, -0.05) is 41.4 Å². The summed E-state index contributed by atoms with van der Waals surface area (Å²) >= 11 is 13.6. The van der Waals surface area contributed by atoms with Gasteiger partial charge in [-0.2, -0.15) is 0 Å². The Morgan fingerprint density at radius 2 is 1.68 bits per heavy atom. The van der Waals surface area contributed by atoms with E-state index < -0.39 is 11.8 Å². The fraction of sp³-hybridized carbons (Fsp3) is 0.459. The van der Waals surface area contributed by atoms with E-state index >= 15 is 4.39 Å². The molecular weight excluding hydrogens is 686 g/mol. The maximum Gasteiger partial charge on any atom is 0.337 e. The number of hydrogen-bond acceptors (Lipinski definition) is 8. The topological polar surface area (TPSA) is 95.0 Å². The number of methoxy groups -OCH3 is 1. The Hall–Kier alpha value is -3.61. The third-order valence-electron chi connectivity index (χ3n) is 11.0. The quantitative estimate of drug-likeness (QED) is 0.293. The lowest BCUT2D eigenvalue weighted by Gasteiger charge is -2.52. The van der Waals surface area contributed by atoms with Gasteiger partial charge >= 0.3 is 5.97 Å². The predicted octanol–water partition coefficient (Wildman–Crippen LogP) is 6.16. The van der Waals surface area contributed by atoms with Crippen LogP contribution in [0.2, 0.25) is 10.0 Å². The molecule has 6 aliphatic heterocycles. The van der Waals surface area contributed by atoms with E-state index in [1.165, 1.54) is 4.90 Å². The average molecular weight is 726 g/mol. The van der Waals surface area contributed by atoms with Crippen LogP contribution in [0.25, 0.3) is 11.1 Å². The number of piperidine rings is 2. The molecule has 5 fully saturated rings. The number of amides is 1. The largest absolute Gasteiger partial charge is 0.478 e. The molecular formula is C37H39Cl2FN4O6. The second-order valence-corrected chi connectivity index (χ2v) is 14.7. The number of benzene rings is 3. The van der Waals surface area contributed by atoms with Crippen molar-refractivity contribution in [2.45, 2.75) is 56.4 Å². The zero-order valence-electron chi connectivity index (χ0n) is 27.7. The Morgan fingerprint density at radius 1 is 0.960 bits per heavy atom. The molecule has 3 aromatic rings. The van der Waals surface area contributed by atoms with Crippen molar-refractivity contribution >= 4 is 46.5 Å². The fourth-order valence-electron chi connectivity index (χ4n) is 8.59. The van der Waals surface area contributed by atoms with E-state index in [2.05, 4.69) is 14.7 Å². The van der Waals surface area contributed by atoms with Crippen LogP contribution in [-0.2, 0) is 16.0 Å². The van der Waals surface area contributed by atoms with Crippen LogP contribution in [0.5, 0.6) is 5.75 Å². The molecule has 9 rings (SSSR count). The van der Waals surface area contributed by atoms with Crippen LogP contribution in [0.1, 0.15) is 52.0 Å². The third-order valence-corrected chi connectivity index (χ3v) is 11.6. The molecule has 2 unspecified atom stereocenters. The van der Waals surface area contributed by atoms with Gasteiger partial charge in [-0.15, -0.1) is 0 Å². The molecule has 1 N–H and O–H groups in total. The Kier molecular flexibility index (Phi) is 9.05. The summed E-state index contributed by atoms with van der Waals surface area (Å²) in [6.07, 6.45) is 3.99. The number of halogens is 3. The molecule has 4 bridgehead atoms. The Morgan fingerprint density at radius 3 is 2.36 bits per heavy atom. The van der Waals surface area contributed by atoms with Gasteiger partial charge in [0.25, 0.3) is 5.91 Å². The summed E-state index contributed by atoms with van der Waals surface area (Å²) in [5, 5.41) is 10.6. The van der Waals surface area contributed by atoms with Gasteiger partial charge in [-0.05, 0) is 49.9 Å². The number of fused-ring (bicyclic) bond motifs is 6. The smallest absolute Gasteiger partial charge is 0.337 e. The highest BCUT2D eigenvalue weighted by atomic mass is 35.5. The van der Waals surface area contributed by atoms with Crippen LogP contribution < -0.4 is 14.5 Å². The number of anilines is 2. The molecule has 6 heterocycles. The molecule has 50 heavy (non-hydrogen) atoms. The Balaban J connectivity index is 1.04. The van der Waals surface area contributed by atoms with Gasteiger partial charge in [0.2, 0.25) is 0 Å². The van der Waals surface area contributed by atoms with E-state index in [9.17, 15) is 14.7 Å². The zero-order valence-corrected chi connectivity index (χ0v) is 29.3. The van der Waals surface area contributed by atoms with E-state index in [-0.39, 0.29) is 58.0 Å². The van der Waals surface area contributed by atoms with Gasteiger partial charge < -0.3 is 34.0 Å². The highest BCUT2D eigenvalue weighted by molar-refractivity contribution is 6.40. The molecule has 0 radical (unpaired) electrons. The first-order valence-electron chi connectivity index (χ1n) is 17.2. The molecule has 0 saturated carbocycles. The number of piperazine rings is 1. The first-order chi connectivity index (χ1) is 24.2. The van der Waals surface area contributed by atoms with E-state index in [0.717, 1.165) is 57.1 Å². The average Bonchev–Trinajstić information content (AvgIpc) is 3.36. The minimum absolute atomic E-state index is 0.0322. The van der Waals surface area contributed by atoms with Crippen molar-refractivity contribution in [3.63, 3.8) is 0 Å². The number of carbonyl (C=O) groups excluding carboxylic acids is 1. The van der Waals surface area contributed by atoms with Crippen molar-refractivity contribution in [1.29, 1.82) is 0 Å². The lowest BCUT2D eigenvalue weighted by atomic mass is 9.90. The normalized spacial score (nSPS) is 24.4. The summed E-state index contributed by atoms with van der Waals surface area (Å²) in [6, 6.07) is 12.6. The number of nitrogens with zero attached hydrogens (tertiary/aromatic N) is 4. The number of hydrogen-bond donors (Lipinski definition) is 1. The molecule has 0 aliphatic carbocycles. The van der Waals surface area contributed by atoms with Crippen molar-refractivity contribution < 1.29 is 33.3 Å². The van der Waals surface area contributed by atoms with E-state index in [0.29, 0.717) is 54.5 Å². The van der Waals surface area contributed by atoms with E-state index in [1.807, 2.05) is 18.2 Å². The van der Waals surface area contributed by atoms with Gasteiger partial charge in [0.05, 0.1) is 65.3 Å². The number of carboxylic acid groups (broad SMARTS) is 1. The number of ether oxygens (including phenoxy) is 3.